The van der Waals surface area contributed by atoms with Crippen LogP contribution in [0.1, 0.15) is 32.9 Å². The molecule has 3 heterocycles. The van der Waals surface area contributed by atoms with E-state index >= 15 is 0 Å². The van der Waals surface area contributed by atoms with Crippen molar-refractivity contribution in [2.75, 3.05) is 38.0 Å². The van der Waals surface area contributed by atoms with Gasteiger partial charge in [0.05, 0.1) is 18.9 Å². The Kier molecular flexibility index (Phi) is 6.15. The van der Waals surface area contributed by atoms with Crippen molar-refractivity contribution in [2.24, 2.45) is 0 Å². The van der Waals surface area contributed by atoms with Gasteiger partial charge in [-0.2, -0.15) is 0 Å². The number of anilines is 1. The number of nitrogens with zero attached hydrogens (tertiary/aromatic N) is 2. The number of ether oxygens (including phenoxy) is 3. The summed E-state index contributed by atoms with van der Waals surface area (Å²) in [6.07, 6.45) is 0. The Morgan fingerprint density at radius 3 is 2.62 bits per heavy atom. The normalized spacial score (nSPS) is 15.0. The minimum absolute atomic E-state index is 0.172. The molecule has 2 aliphatic heterocycles. The lowest BCUT2D eigenvalue weighted by Gasteiger charge is -2.29. The lowest BCUT2D eigenvalue weighted by molar-refractivity contribution is 0.0941. The first kappa shape index (κ1) is 22.3. The van der Waals surface area contributed by atoms with E-state index in [1.807, 2.05) is 42.7 Å². The van der Waals surface area contributed by atoms with E-state index in [4.69, 9.17) is 14.2 Å². The highest BCUT2D eigenvalue weighted by Crippen LogP contribution is 2.34. The minimum Gasteiger partial charge on any atom is -0.454 e. The van der Waals surface area contributed by atoms with Gasteiger partial charge in [-0.25, -0.2) is 4.39 Å². The van der Waals surface area contributed by atoms with Crippen molar-refractivity contribution in [2.45, 2.75) is 26.9 Å². The van der Waals surface area contributed by atoms with Crippen molar-refractivity contribution in [3.05, 3.63) is 76.4 Å². The van der Waals surface area contributed by atoms with Crippen LogP contribution < -0.4 is 19.7 Å². The van der Waals surface area contributed by atoms with Crippen molar-refractivity contribution >= 4 is 11.6 Å². The van der Waals surface area contributed by atoms with Crippen molar-refractivity contribution in [1.82, 2.24) is 9.88 Å². The number of halogens is 1. The van der Waals surface area contributed by atoms with Crippen LogP contribution in [-0.4, -0.2) is 43.6 Å². The zero-order chi connectivity index (χ0) is 23.7. The van der Waals surface area contributed by atoms with Gasteiger partial charge in [-0.1, -0.05) is 18.2 Å². The second-order valence-corrected chi connectivity index (χ2v) is 8.59. The molecular weight excluding hydrogens is 437 g/mol. The maximum atomic E-state index is 13.9. The zero-order valence-corrected chi connectivity index (χ0v) is 19.4. The van der Waals surface area contributed by atoms with Gasteiger partial charge in [0.1, 0.15) is 11.5 Å². The van der Waals surface area contributed by atoms with Crippen molar-refractivity contribution in [1.29, 1.82) is 0 Å². The lowest BCUT2D eigenvalue weighted by atomic mass is 10.1. The van der Waals surface area contributed by atoms with E-state index in [1.54, 1.807) is 6.07 Å². The maximum Gasteiger partial charge on any atom is 0.268 e. The number of hydrogen-bond donors (Lipinski definition) is 1. The molecule has 0 radical (unpaired) electrons. The van der Waals surface area contributed by atoms with Gasteiger partial charge in [-0.05, 0) is 49.2 Å². The smallest absolute Gasteiger partial charge is 0.268 e. The maximum absolute atomic E-state index is 13.9. The summed E-state index contributed by atoms with van der Waals surface area (Å²) in [6.45, 7) is 7.81. The number of amides is 1. The Balaban J connectivity index is 1.45. The average molecular weight is 466 g/mol. The number of carbonyl (C=O) groups excluding carboxylic acids is 1. The fourth-order valence-corrected chi connectivity index (χ4v) is 4.76. The van der Waals surface area contributed by atoms with E-state index in [9.17, 15) is 9.18 Å². The van der Waals surface area contributed by atoms with Crippen LogP contribution >= 0.6 is 0 Å². The van der Waals surface area contributed by atoms with E-state index < -0.39 is 0 Å². The van der Waals surface area contributed by atoms with Crippen molar-refractivity contribution in [3.63, 3.8) is 0 Å². The molecular formula is C26H28FN3O4. The molecule has 0 spiro atoms. The van der Waals surface area contributed by atoms with Crippen LogP contribution in [0.2, 0.25) is 0 Å². The predicted molar refractivity (Wildman–Crippen MR) is 126 cm³/mol. The molecule has 1 saturated heterocycles. The summed E-state index contributed by atoms with van der Waals surface area (Å²) in [4.78, 5) is 15.8. The third-order valence-electron chi connectivity index (χ3n) is 6.39. The summed E-state index contributed by atoms with van der Waals surface area (Å²) >= 11 is 0. The van der Waals surface area contributed by atoms with E-state index in [2.05, 4.69) is 10.2 Å². The Hall–Kier alpha value is -3.52. The average Bonchev–Trinajstić information content (AvgIpc) is 3.40. The van der Waals surface area contributed by atoms with Gasteiger partial charge in [-0.3, -0.25) is 4.79 Å². The summed E-state index contributed by atoms with van der Waals surface area (Å²) in [5.41, 5.74) is 5.26. The number of aromatic nitrogens is 1. The fraction of sp³-hybridized carbons (Fsp3) is 0.346. The first-order valence-electron chi connectivity index (χ1n) is 11.4. The molecule has 0 atom stereocenters. The summed E-state index contributed by atoms with van der Waals surface area (Å²) in [6, 6.07) is 12.1. The molecule has 5 rings (SSSR count). The summed E-state index contributed by atoms with van der Waals surface area (Å²) < 4.78 is 32.2. The van der Waals surface area contributed by atoms with Crippen molar-refractivity contribution in [3.8, 4) is 11.5 Å². The molecule has 0 bridgehead atoms. The molecule has 1 aromatic heterocycles. The third-order valence-corrected chi connectivity index (χ3v) is 6.39. The van der Waals surface area contributed by atoms with Gasteiger partial charge < -0.3 is 29.0 Å². The van der Waals surface area contributed by atoms with E-state index in [1.165, 1.54) is 12.1 Å². The second kappa shape index (κ2) is 9.38. The number of morpholine rings is 1. The number of rotatable bonds is 6. The first-order chi connectivity index (χ1) is 16.5. The van der Waals surface area contributed by atoms with Crippen LogP contribution in [0.15, 0.2) is 42.5 Å². The van der Waals surface area contributed by atoms with Crippen LogP contribution in [0.4, 0.5) is 10.1 Å². The molecule has 1 fully saturated rings. The second-order valence-electron chi connectivity index (χ2n) is 8.59. The number of hydrogen-bond acceptors (Lipinski definition) is 5. The molecule has 8 heteroatoms. The Bertz CT molecular complexity index is 1220. The van der Waals surface area contributed by atoms with Gasteiger partial charge in [0, 0.05) is 37.4 Å². The molecule has 0 unspecified atom stereocenters. The van der Waals surface area contributed by atoms with Crippen LogP contribution in [0.3, 0.4) is 0 Å². The quantitative estimate of drug-likeness (QED) is 0.600. The highest BCUT2D eigenvalue weighted by atomic mass is 19.1. The molecule has 0 aliphatic carbocycles. The predicted octanol–water partition coefficient (Wildman–Crippen LogP) is 3.79. The summed E-state index contributed by atoms with van der Waals surface area (Å²) in [7, 11) is 0. The van der Waals surface area contributed by atoms with Gasteiger partial charge >= 0.3 is 0 Å². The Labute approximate surface area is 198 Å². The summed E-state index contributed by atoms with van der Waals surface area (Å²) in [5, 5.41) is 3.05. The number of benzene rings is 2. The molecule has 34 heavy (non-hydrogen) atoms. The van der Waals surface area contributed by atoms with E-state index in [0.29, 0.717) is 43.5 Å². The molecule has 0 saturated carbocycles. The number of nitrogens with one attached hydrogen (secondary N) is 1. The number of fused-ring (bicyclic) bond motifs is 1. The molecule has 1 N–H and O–H groups in total. The lowest BCUT2D eigenvalue weighted by Crippen LogP contribution is -2.36. The highest BCUT2D eigenvalue weighted by Gasteiger charge is 2.27. The standard InChI is InChI=1S/C26H28FN3O4/c1-17-24(29-8-10-32-11-9-29)18(2)30(15-20-4-3-5-21(27)12-20)25(17)26(31)28-14-19-6-7-22-23(13-19)34-16-33-22/h3-7,12-13H,8-11,14-16H2,1-2H3,(H,28,31). The molecule has 2 aromatic carbocycles. The molecule has 2 aliphatic rings. The molecule has 7 nitrogen and oxygen atoms in total. The fourth-order valence-electron chi connectivity index (χ4n) is 4.76. The zero-order valence-electron chi connectivity index (χ0n) is 19.4. The molecule has 3 aromatic rings. The third kappa shape index (κ3) is 4.33. The largest absolute Gasteiger partial charge is 0.454 e. The van der Waals surface area contributed by atoms with Gasteiger partial charge in [0.2, 0.25) is 6.79 Å². The van der Waals surface area contributed by atoms with Gasteiger partial charge in [0.15, 0.2) is 11.5 Å². The monoisotopic (exact) mass is 465 g/mol. The highest BCUT2D eigenvalue weighted by molar-refractivity contribution is 5.96. The SMILES string of the molecule is Cc1c(N2CCOCC2)c(C)n(Cc2cccc(F)c2)c1C(=O)NCc1ccc2c(c1)OCO2. The Morgan fingerprint density at radius 2 is 1.82 bits per heavy atom. The van der Waals surface area contributed by atoms with Crippen LogP contribution in [0, 0.1) is 19.7 Å². The molecule has 1 amide bonds. The number of carbonyl (C=O) groups is 1. The topological polar surface area (TPSA) is 65.0 Å². The Morgan fingerprint density at radius 1 is 1.03 bits per heavy atom. The van der Waals surface area contributed by atoms with E-state index in [-0.39, 0.29) is 18.5 Å². The van der Waals surface area contributed by atoms with Crippen LogP contribution in [-0.2, 0) is 17.8 Å². The minimum atomic E-state index is -0.291. The van der Waals surface area contributed by atoms with Crippen LogP contribution in [0.5, 0.6) is 11.5 Å². The molecule has 178 valence electrons. The van der Waals surface area contributed by atoms with E-state index in [0.717, 1.165) is 41.2 Å². The van der Waals surface area contributed by atoms with Gasteiger partial charge in [0.25, 0.3) is 5.91 Å². The van der Waals surface area contributed by atoms with Gasteiger partial charge in [-0.15, -0.1) is 0 Å². The first-order valence-corrected chi connectivity index (χ1v) is 11.4. The van der Waals surface area contributed by atoms with Crippen molar-refractivity contribution < 1.29 is 23.4 Å². The van der Waals surface area contributed by atoms with Crippen LogP contribution in [0.25, 0.3) is 0 Å². The summed E-state index contributed by atoms with van der Waals surface area (Å²) in [5.74, 6) is 0.930.